The van der Waals surface area contributed by atoms with Gasteiger partial charge in [0.1, 0.15) is 12.0 Å². The van der Waals surface area contributed by atoms with Crippen molar-refractivity contribution in [2.45, 2.75) is 12.8 Å². The van der Waals surface area contributed by atoms with Crippen LogP contribution >= 0.6 is 0 Å². The minimum Gasteiger partial charge on any atom is -0.280 e. The average molecular weight is 249 g/mol. The zero-order valence-corrected chi connectivity index (χ0v) is 10.2. The lowest BCUT2D eigenvalue weighted by atomic mass is 9.88. The van der Waals surface area contributed by atoms with Crippen LogP contribution in [0, 0.1) is 0 Å². The number of hydrogen-bond acceptors (Lipinski definition) is 3. The van der Waals surface area contributed by atoms with Crippen molar-refractivity contribution in [3.8, 4) is 17.2 Å². The molecule has 2 aromatic heterocycles. The molecule has 0 N–H and O–H groups in total. The molecule has 1 aliphatic carbocycles. The van der Waals surface area contributed by atoms with Gasteiger partial charge >= 0.3 is 0 Å². The van der Waals surface area contributed by atoms with Crippen LogP contribution < -0.4 is 0 Å². The van der Waals surface area contributed by atoms with Gasteiger partial charge in [-0.05, 0) is 48.2 Å². The van der Waals surface area contributed by atoms with Gasteiger partial charge in [-0.25, -0.2) is 0 Å². The lowest BCUT2D eigenvalue weighted by Gasteiger charge is -2.19. The monoisotopic (exact) mass is 249 g/mol. The average Bonchev–Trinajstić information content (AvgIpc) is 2.89. The minimum atomic E-state index is 0.231. The van der Waals surface area contributed by atoms with E-state index < -0.39 is 0 Å². The van der Waals surface area contributed by atoms with Gasteiger partial charge in [-0.15, -0.1) is 10.2 Å². The van der Waals surface area contributed by atoms with Crippen LogP contribution in [-0.4, -0.2) is 19.7 Å². The third-order valence-corrected chi connectivity index (χ3v) is 3.52. The standard InChI is InChI=1S/C15H12N4/c1-2-8-16-14(3-1)15-18-17-10-19(15)13-7-6-11-4-5-12(11)9-13/h1-3,6-10H,4-5H2/i8D. The first-order valence-electron chi connectivity index (χ1n) is 6.77. The second-order valence-corrected chi connectivity index (χ2v) is 4.63. The summed E-state index contributed by atoms with van der Waals surface area (Å²) >= 11 is 0. The van der Waals surface area contributed by atoms with E-state index in [-0.39, 0.29) is 6.17 Å². The Morgan fingerprint density at radius 1 is 1.11 bits per heavy atom. The van der Waals surface area contributed by atoms with E-state index in [9.17, 15) is 0 Å². The summed E-state index contributed by atoms with van der Waals surface area (Å²) in [6.45, 7) is 0. The Hall–Kier alpha value is -2.49. The van der Waals surface area contributed by atoms with Crippen molar-refractivity contribution >= 4 is 0 Å². The molecule has 0 aliphatic heterocycles. The second kappa shape index (κ2) is 4.02. The summed E-state index contributed by atoms with van der Waals surface area (Å²) in [7, 11) is 0. The Morgan fingerprint density at radius 2 is 2.05 bits per heavy atom. The van der Waals surface area contributed by atoms with Gasteiger partial charge in [0.15, 0.2) is 5.82 Å². The maximum absolute atomic E-state index is 7.62. The van der Waals surface area contributed by atoms with Gasteiger partial charge in [-0.2, -0.15) is 0 Å². The molecular weight excluding hydrogens is 236 g/mol. The lowest BCUT2D eigenvalue weighted by Crippen LogP contribution is -2.09. The van der Waals surface area contributed by atoms with Crippen LogP contribution in [0.2, 0.25) is 0 Å². The summed E-state index contributed by atoms with van der Waals surface area (Å²) < 4.78 is 9.53. The molecular formula is C15H12N4. The van der Waals surface area contributed by atoms with Crippen LogP contribution in [0.3, 0.4) is 0 Å². The topological polar surface area (TPSA) is 43.6 Å². The van der Waals surface area contributed by atoms with Crippen molar-refractivity contribution in [1.29, 1.82) is 0 Å². The van der Waals surface area contributed by atoms with Gasteiger partial charge < -0.3 is 0 Å². The summed E-state index contributed by atoms with van der Waals surface area (Å²) in [6, 6.07) is 11.7. The summed E-state index contributed by atoms with van der Waals surface area (Å²) in [4.78, 5) is 4.20. The Balaban J connectivity index is 1.83. The number of aromatic nitrogens is 4. The number of benzene rings is 1. The van der Waals surface area contributed by atoms with Gasteiger partial charge in [-0.1, -0.05) is 12.1 Å². The molecule has 0 saturated carbocycles. The number of rotatable bonds is 2. The fraction of sp³-hybridized carbons (Fsp3) is 0.133. The van der Waals surface area contributed by atoms with E-state index in [0.717, 1.165) is 12.1 Å². The largest absolute Gasteiger partial charge is 0.280 e. The number of hydrogen-bond donors (Lipinski definition) is 0. The fourth-order valence-electron chi connectivity index (χ4n) is 2.38. The first-order chi connectivity index (χ1) is 9.81. The molecule has 3 aromatic rings. The van der Waals surface area contributed by atoms with E-state index in [4.69, 9.17) is 1.37 Å². The van der Waals surface area contributed by atoms with Crippen molar-refractivity contribution in [2.24, 2.45) is 0 Å². The first-order valence-corrected chi connectivity index (χ1v) is 6.27. The van der Waals surface area contributed by atoms with E-state index >= 15 is 0 Å². The third-order valence-electron chi connectivity index (χ3n) is 3.52. The molecule has 1 aromatic carbocycles. The highest BCUT2D eigenvalue weighted by molar-refractivity contribution is 5.54. The van der Waals surface area contributed by atoms with Crippen LogP contribution in [0.15, 0.2) is 48.9 Å². The highest BCUT2D eigenvalue weighted by atomic mass is 15.3. The second-order valence-electron chi connectivity index (χ2n) is 4.63. The highest BCUT2D eigenvalue weighted by Gasteiger charge is 2.15. The van der Waals surface area contributed by atoms with Crippen molar-refractivity contribution in [3.05, 3.63) is 60.0 Å². The molecule has 2 heterocycles. The van der Waals surface area contributed by atoms with Gasteiger partial charge in [0, 0.05) is 11.9 Å². The molecule has 0 amide bonds. The van der Waals surface area contributed by atoms with Crippen molar-refractivity contribution in [3.63, 3.8) is 0 Å². The SMILES string of the molecule is [2H]c1cccc(-c2nncn2-c2ccc3c(c2)CC3)n1. The Kier molecular flexibility index (Phi) is 2.00. The van der Waals surface area contributed by atoms with Crippen LogP contribution in [0.4, 0.5) is 0 Å². The van der Waals surface area contributed by atoms with E-state index in [1.165, 1.54) is 17.5 Å². The molecule has 0 bridgehead atoms. The van der Waals surface area contributed by atoms with Crippen molar-refractivity contribution in [2.75, 3.05) is 0 Å². The van der Waals surface area contributed by atoms with Gasteiger partial charge in [0.2, 0.25) is 0 Å². The highest BCUT2D eigenvalue weighted by Crippen LogP contribution is 2.26. The quantitative estimate of drug-likeness (QED) is 0.700. The molecule has 4 heteroatoms. The zero-order chi connectivity index (χ0) is 13.5. The van der Waals surface area contributed by atoms with Crippen LogP contribution in [0.25, 0.3) is 17.2 Å². The number of nitrogens with zero attached hydrogens (tertiary/aromatic N) is 4. The molecule has 0 atom stereocenters. The van der Waals surface area contributed by atoms with Crippen molar-refractivity contribution in [1.82, 2.24) is 19.7 Å². The number of aryl methyl sites for hydroxylation is 2. The minimum absolute atomic E-state index is 0.231. The van der Waals surface area contributed by atoms with Gasteiger partial charge in [0.05, 0.1) is 1.37 Å². The molecule has 0 unspecified atom stereocenters. The van der Waals surface area contributed by atoms with Crippen LogP contribution in [-0.2, 0) is 12.8 Å². The Bertz CT molecular complexity index is 794. The Labute approximate surface area is 112 Å². The molecule has 4 nitrogen and oxygen atoms in total. The molecule has 92 valence electrons. The summed E-state index contributed by atoms with van der Waals surface area (Å²) in [5.74, 6) is 0.665. The summed E-state index contributed by atoms with van der Waals surface area (Å²) in [5.41, 5.74) is 4.53. The molecule has 0 saturated heterocycles. The summed E-state index contributed by atoms with van der Waals surface area (Å²) in [6.07, 6.45) is 4.23. The van der Waals surface area contributed by atoms with Gasteiger partial charge in [0.25, 0.3) is 0 Å². The number of fused-ring (bicyclic) bond motifs is 1. The smallest absolute Gasteiger partial charge is 0.186 e. The summed E-state index contributed by atoms with van der Waals surface area (Å²) in [5, 5.41) is 8.13. The van der Waals surface area contributed by atoms with Gasteiger partial charge in [-0.3, -0.25) is 9.55 Å². The van der Waals surface area contributed by atoms with E-state index in [2.05, 4.69) is 33.4 Å². The molecule has 0 radical (unpaired) electrons. The first kappa shape index (κ1) is 9.44. The lowest BCUT2D eigenvalue weighted by molar-refractivity contribution is 0.834. The van der Waals surface area contributed by atoms with E-state index in [0.29, 0.717) is 11.5 Å². The van der Waals surface area contributed by atoms with E-state index in [1.54, 1.807) is 18.5 Å². The molecule has 19 heavy (non-hydrogen) atoms. The predicted octanol–water partition coefficient (Wildman–Crippen LogP) is 2.43. The molecule has 0 fully saturated rings. The maximum atomic E-state index is 7.62. The molecule has 1 aliphatic rings. The molecule has 4 rings (SSSR count). The van der Waals surface area contributed by atoms with Crippen LogP contribution in [0.1, 0.15) is 12.5 Å². The predicted molar refractivity (Wildman–Crippen MR) is 72.0 cm³/mol. The normalized spacial score (nSPS) is 13.6. The number of pyridine rings is 1. The third kappa shape index (κ3) is 1.64. The fourth-order valence-corrected chi connectivity index (χ4v) is 2.38. The Morgan fingerprint density at radius 3 is 2.84 bits per heavy atom. The maximum Gasteiger partial charge on any atom is 0.186 e. The van der Waals surface area contributed by atoms with E-state index in [1.807, 2.05) is 10.6 Å². The zero-order valence-electron chi connectivity index (χ0n) is 11.2. The van der Waals surface area contributed by atoms with Crippen LogP contribution in [0.5, 0.6) is 0 Å². The molecule has 0 spiro atoms. The van der Waals surface area contributed by atoms with Crippen molar-refractivity contribution < 1.29 is 1.37 Å².